The number of alkyl halides is 3. The fourth-order valence-corrected chi connectivity index (χ4v) is 4.05. The van der Waals surface area contributed by atoms with Crippen molar-refractivity contribution in [3.8, 4) is 10.7 Å². The lowest BCUT2D eigenvalue weighted by atomic mass is 9.88. The van der Waals surface area contributed by atoms with Crippen LogP contribution in [0.15, 0.2) is 36.4 Å². The van der Waals surface area contributed by atoms with Crippen molar-refractivity contribution in [2.45, 2.75) is 31.9 Å². The summed E-state index contributed by atoms with van der Waals surface area (Å²) in [6, 6.07) is 9.46. The molecule has 1 fully saturated rings. The highest BCUT2D eigenvalue weighted by molar-refractivity contribution is 7.09. The molecule has 146 valence electrons. The third kappa shape index (κ3) is 3.99. The zero-order valence-corrected chi connectivity index (χ0v) is 16.0. The molecule has 2 aromatic heterocycles. The van der Waals surface area contributed by atoms with Gasteiger partial charge in [-0.3, -0.25) is 0 Å². The number of piperidine rings is 1. The van der Waals surface area contributed by atoms with Crippen LogP contribution in [0.2, 0.25) is 0 Å². The molecule has 28 heavy (non-hydrogen) atoms. The molecule has 0 atom stereocenters. The van der Waals surface area contributed by atoms with E-state index in [9.17, 15) is 13.2 Å². The average Bonchev–Trinajstić information content (AvgIpc) is 3.14. The summed E-state index contributed by atoms with van der Waals surface area (Å²) in [4.78, 5) is 6.42. The summed E-state index contributed by atoms with van der Waals surface area (Å²) in [5.74, 6) is 1.60. The van der Waals surface area contributed by atoms with Crippen LogP contribution >= 0.6 is 11.5 Å². The Hall–Kier alpha value is -2.55. The molecular weight excluding hydrogens is 387 g/mol. The van der Waals surface area contributed by atoms with E-state index in [2.05, 4.69) is 24.5 Å². The molecule has 0 radical (unpaired) electrons. The van der Waals surface area contributed by atoms with Gasteiger partial charge in [0, 0.05) is 13.1 Å². The highest BCUT2D eigenvalue weighted by atomic mass is 32.1. The summed E-state index contributed by atoms with van der Waals surface area (Å²) in [5, 5.41) is 9.28. The Morgan fingerprint density at radius 3 is 2.46 bits per heavy atom. The van der Waals surface area contributed by atoms with Crippen molar-refractivity contribution in [3.63, 3.8) is 0 Å². The molecule has 0 bridgehead atoms. The van der Waals surface area contributed by atoms with E-state index in [1.54, 1.807) is 6.07 Å². The second kappa shape index (κ2) is 7.46. The molecule has 0 aliphatic carbocycles. The van der Waals surface area contributed by atoms with Crippen LogP contribution in [-0.2, 0) is 6.18 Å². The van der Waals surface area contributed by atoms with Gasteiger partial charge in [0.05, 0.1) is 5.56 Å². The smallest absolute Gasteiger partial charge is 0.355 e. The number of rotatable bonds is 3. The first-order valence-corrected chi connectivity index (χ1v) is 9.74. The number of aryl methyl sites for hydroxylation is 1. The van der Waals surface area contributed by atoms with E-state index in [1.165, 1.54) is 23.7 Å². The van der Waals surface area contributed by atoms with Crippen LogP contribution in [0.4, 0.5) is 19.0 Å². The Labute approximate surface area is 164 Å². The summed E-state index contributed by atoms with van der Waals surface area (Å²) < 4.78 is 43.0. The molecule has 9 heteroatoms. The van der Waals surface area contributed by atoms with Gasteiger partial charge in [-0.2, -0.15) is 17.5 Å². The minimum atomic E-state index is -4.31. The molecule has 0 N–H and O–H groups in total. The van der Waals surface area contributed by atoms with E-state index in [0.717, 1.165) is 48.4 Å². The maximum atomic E-state index is 12.9. The van der Waals surface area contributed by atoms with Gasteiger partial charge in [0.25, 0.3) is 0 Å². The molecule has 3 heterocycles. The SMILES string of the molecule is Cc1nsc(-c2ccc(N3CCC(c4cccc(C(F)(F)F)c4)CC3)nn2)n1. The average molecular weight is 405 g/mol. The van der Waals surface area contributed by atoms with Gasteiger partial charge >= 0.3 is 6.18 Å². The Kier molecular flexibility index (Phi) is 5.01. The molecule has 1 aromatic carbocycles. The quantitative estimate of drug-likeness (QED) is 0.632. The lowest BCUT2D eigenvalue weighted by Crippen LogP contribution is -2.33. The minimum Gasteiger partial charge on any atom is -0.355 e. The van der Waals surface area contributed by atoms with Gasteiger partial charge in [0.15, 0.2) is 10.8 Å². The van der Waals surface area contributed by atoms with E-state index in [1.807, 2.05) is 19.1 Å². The van der Waals surface area contributed by atoms with E-state index in [0.29, 0.717) is 11.5 Å². The topological polar surface area (TPSA) is 54.8 Å². The van der Waals surface area contributed by atoms with Gasteiger partial charge in [0.1, 0.15) is 11.5 Å². The lowest BCUT2D eigenvalue weighted by molar-refractivity contribution is -0.137. The second-order valence-corrected chi connectivity index (χ2v) is 7.56. The number of anilines is 1. The first kappa shape index (κ1) is 18.8. The summed E-state index contributed by atoms with van der Waals surface area (Å²) >= 11 is 1.29. The Morgan fingerprint density at radius 2 is 1.86 bits per heavy atom. The van der Waals surface area contributed by atoms with E-state index in [4.69, 9.17) is 0 Å². The van der Waals surface area contributed by atoms with Crippen LogP contribution in [0.25, 0.3) is 10.7 Å². The number of hydrogen-bond donors (Lipinski definition) is 0. The third-order valence-corrected chi connectivity index (χ3v) is 5.73. The van der Waals surface area contributed by atoms with E-state index >= 15 is 0 Å². The molecule has 0 amide bonds. The first-order valence-electron chi connectivity index (χ1n) is 8.96. The molecule has 1 aliphatic rings. The van der Waals surface area contributed by atoms with Crippen LogP contribution in [0.1, 0.15) is 35.7 Å². The van der Waals surface area contributed by atoms with Crippen molar-refractivity contribution in [1.82, 2.24) is 19.6 Å². The number of benzene rings is 1. The second-order valence-electron chi connectivity index (χ2n) is 6.81. The third-order valence-electron chi connectivity index (χ3n) is 4.90. The summed E-state index contributed by atoms with van der Waals surface area (Å²) in [5.41, 5.74) is 0.858. The molecular formula is C19H18F3N5S. The molecule has 1 saturated heterocycles. The van der Waals surface area contributed by atoms with Gasteiger partial charge in [0.2, 0.25) is 0 Å². The normalized spacial score (nSPS) is 15.8. The number of aromatic nitrogens is 4. The maximum absolute atomic E-state index is 12.9. The Morgan fingerprint density at radius 1 is 1.07 bits per heavy atom. The molecule has 4 rings (SSSR count). The zero-order valence-electron chi connectivity index (χ0n) is 15.1. The van der Waals surface area contributed by atoms with Crippen molar-refractivity contribution in [1.29, 1.82) is 0 Å². The zero-order chi connectivity index (χ0) is 19.7. The fourth-order valence-electron chi connectivity index (χ4n) is 3.42. The fraction of sp³-hybridized carbons (Fsp3) is 0.368. The number of hydrogen-bond acceptors (Lipinski definition) is 6. The van der Waals surface area contributed by atoms with Crippen LogP contribution in [-0.4, -0.2) is 32.6 Å². The highest BCUT2D eigenvalue weighted by Crippen LogP contribution is 2.34. The van der Waals surface area contributed by atoms with Gasteiger partial charge in [-0.25, -0.2) is 4.98 Å². The van der Waals surface area contributed by atoms with Gasteiger partial charge in [-0.15, -0.1) is 10.2 Å². The van der Waals surface area contributed by atoms with Crippen molar-refractivity contribution in [2.24, 2.45) is 0 Å². The molecule has 3 aromatic rings. The van der Waals surface area contributed by atoms with Crippen LogP contribution in [0.3, 0.4) is 0 Å². The number of halogens is 3. The lowest BCUT2D eigenvalue weighted by Gasteiger charge is -2.33. The standard InChI is InChI=1S/C19H18F3N5S/c1-12-23-18(28-26-12)16-5-6-17(25-24-16)27-9-7-13(8-10-27)14-3-2-4-15(11-14)19(20,21)22/h2-6,11,13H,7-10H2,1H3. The van der Waals surface area contributed by atoms with Crippen LogP contribution in [0.5, 0.6) is 0 Å². The van der Waals surface area contributed by atoms with Gasteiger partial charge < -0.3 is 4.90 Å². The molecule has 1 aliphatic heterocycles. The van der Waals surface area contributed by atoms with Crippen molar-refractivity contribution >= 4 is 17.4 Å². The Balaban J connectivity index is 1.42. The predicted molar refractivity (Wildman–Crippen MR) is 101 cm³/mol. The van der Waals surface area contributed by atoms with Crippen molar-refractivity contribution in [3.05, 3.63) is 53.3 Å². The molecule has 0 unspecified atom stereocenters. The largest absolute Gasteiger partial charge is 0.416 e. The first-order chi connectivity index (χ1) is 13.4. The van der Waals surface area contributed by atoms with Crippen LogP contribution < -0.4 is 4.90 Å². The number of nitrogens with zero attached hydrogens (tertiary/aromatic N) is 5. The van der Waals surface area contributed by atoms with E-state index in [-0.39, 0.29) is 5.92 Å². The minimum absolute atomic E-state index is 0.121. The summed E-state index contributed by atoms with van der Waals surface area (Å²) in [6.07, 6.45) is -2.75. The van der Waals surface area contributed by atoms with Crippen LogP contribution in [0, 0.1) is 6.92 Å². The van der Waals surface area contributed by atoms with Crippen molar-refractivity contribution < 1.29 is 13.2 Å². The van der Waals surface area contributed by atoms with Gasteiger partial charge in [-0.05, 0) is 61.0 Å². The summed E-state index contributed by atoms with van der Waals surface area (Å²) in [6.45, 7) is 3.29. The van der Waals surface area contributed by atoms with E-state index < -0.39 is 11.7 Å². The maximum Gasteiger partial charge on any atom is 0.416 e. The molecule has 5 nitrogen and oxygen atoms in total. The Bertz CT molecular complexity index is 947. The van der Waals surface area contributed by atoms with Gasteiger partial charge in [-0.1, -0.05) is 18.2 Å². The molecule has 0 saturated carbocycles. The monoisotopic (exact) mass is 405 g/mol. The molecule has 0 spiro atoms. The van der Waals surface area contributed by atoms with Crippen molar-refractivity contribution in [2.75, 3.05) is 18.0 Å². The predicted octanol–water partition coefficient (Wildman–Crippen LogP) is 4.71. The summed E-state index contributed by atoms with van der Waals surface area (Å²) in [7, 11) is 0. The highest BCUT2D eigenvalue weighted by Gasteiger charge is 2.31.